The number of halogens is 3. The number of aromatic nitrogens is 3. The first kappa shape index (κ1) is 18.6. The van der Waals surface area contributed by atoms with Gasteiger partial charge < -0.3 is 9.88 Å². The van der Waals surface area contributed by atoms with Crippen molar-refractivity contribution in [2.75, 3.05) is 5.32 Å². The summed E-state index contributed by atoms with van der Waals surface area (Å²) in [6, 6.07) is 8.23. The van der Waals surface area contributed by atoms with E-state index in [9.17, 15) is 13.6 Å². The molecule has 2 heterocycles. The normalized spacial score (nSPS) is 13.7. The molecular formula is C20H17ClF2N4O. The second-order valence-corrected chi connectivity index (χ2v) is 7.05. The van der Waals surface area contributed by atoms with Crippen molar-refractivity contribution in [3.05, 3.63) is 64.4 Å². The third-order valence-electron chi connectivity index (χ3n) is 4.77. The van der Waals surface area contributed by atoms with Gasteiger partial charge in [-0.2, -0.15) is 0 Å². The van der Waals surface area contributed by atoms with Crippen LogP contribution in [0.15, 0.2) is 36.4 Å². The molecule has 1 aliphatic rings. The summed E-state index contributed by atoms with van der Waals surface area (Å²) >= 11 is 5.92. The smallest absolute Gasteiger partial charge is 0.260 e. The molecule has 28 heavy (non-hydrogen) atoms. The minimum absolute atomic E-state index is 0.0446. The minimum Gasteiger partial charge on any atom is -0.319 e. The summed E-state index contributed by atoms with van der Waals surface area (Å²) in [7, 11) is 0. The van der Waals surface area contributed by atoms with Crippen molar-refractivity contribution in [2.24, 2.45) is 0 Å². The zero-order valence-electron chi connectivity index (χ0n) is 14.9. The first-order chi connectivity index (χ1) is 13.5. The molecule has 4 rings (SSSR count). The number of nitrogens with one attached hydrogen (secondary N) is 1. The van der Waals surface area contributed by atoms with Crippen LogP contribution in [-0.4, -0.2) is 20.7 Å². The molecular weight excluding hydrogens is 386 g/mol. The average molecular weight is 403 g/mol. The Kier molecular flexibility index (Phi) is 5.09. The SMILES string of the molecule is O=C(Nc1cc(-c2nnc3n2CCCCC3)ccc1F)c1c(F)cccc1Cl. The first-order valence-electron chi connectivity index (χ1n) is 9.02. The second kappa shape index (κ2) is 7.67. The van der Waals surface area contributed by atoms with E-state index in [1.165, 1.54) is 24.3 Å². The van der Waals surface area contributed by atoms with Crippen molar-refractivity contribution >= 4 is 23.2 Å². The van der Waals surface area contributed by atoms with Crippen molar-refractivity contribution in [3.63, 3.8) is 0 Å². The van der Waals surface area contributed by atoms with Crippen LogP contribution in [-0.2, 0) is 13.0 Å². The van der Waals surface area contributed by atoms with E-state index in [4.69, 9.17) is 11.6 Å². The fourth-order valence-corrected chi connectivity index (χ4v) is 3.61. The molecule has 2 aromatic carbocycles. The Bertz CT molecular complexity index is 1030. The molecule has 1 aliphatic heterocycles. The molecule has 0 atom stereocenters. The third kappa shape index (κ3) is 3.49. The Morgan fingerprint density at radius 1 is 1.07 bits per heavy atom. The van der Waals surface area contributed by atoms with Crippen LogP contribution in [0.25, 0.3) is 11.4 Å². The maximum absolute atomic E-state index is 14.3. The van der Waals surface area contributed by atoms with E-state index < -0.39 is 17.5 Å². The largest absolute Gasteiger partial charge is 0.319 e. The van der Waals surface area contributed by atoms with Gasteiger partial charge in [-0.1, -0.05) is 24.1 Å². The van der Waals surface area contributed by atoms with E-state index in [2.05, 4.69) is 15.5 Å². The predicted molar refractivity (Wildman–Crippen MR) is 102 cm³/mol. The van der Waals surface area contributed by atoms with Gasteiger partial charge in [0.25, 0.3) is 5.91 Å². The van der Waals surface area contributed by atoms with Gasteiger partial charge in [0, 0.05) is 18.5 Å². The summed E-state index contributed by atoms with van der Waals surface area (Å²) in [6.07, 6.45) is 4.06. The fraction of sp³-hybridized carbons (Fsp3) is 0.250. The molecule has 1 aromatic heterocycles. The number of aryl methyl sites for hydroxylation is 1. The molecule has 8 heteroatoms. The first-order valence-corrected chi connectivity index (χ1v) is 9.40. The number of carbonyl (C=O) groups excluding carboxylic acids is 1. The molecule has 0 radical (unpaired) electrons. The topological polar surface area (TPSA) is 59.8 Å². The van der Waals surface area contributed by atoms with Gasteiger partial charge in [-0.15, -0.1) is 10.2 Å². The van der Waals surface area contributed by atoms with Crippen molar-refractivity contribution in [3.8, 4) is 11.4 Å². The highest BCUT2D eigenvalue weighted by molar-refractivity contribution is 6.34. The lowest BCUT2D eigenvalue weighted by molar-refractivity contribution is 0.102. The van der Waals surface area contributed by atoms with Crippen LogP contribution in [0.3, 0.4) is 0 Å². The van der Waals surface area contributed by atoms with Gasteiger partial charge in [0.1, 0.15) is 17.5 Å². The summed E-state index contributed by atoms with van der Waals surface area (Å²) < 4.78 is 30.3. The maximum Gasteiger partial charge on any atom is 0.260 e. The summed E-state index contributed by atoms with van der Waals surface area (Å²) in [5.74, 6) is -0.708. The highest BCUT2D eigenvalue weighted by atomic mass is 35.5. The van der Waals surface area contributed by atoms with Crippen LogP contribution in [0.1, 0.15) is 35.4 Å². The van der Waals surface area contributed by atoms with E-state index in [0.29, 0.717) is 11.4 Å². The van der Waals surface area contributed by atoms with Gasteiger partial charge in [-0.3, -0.25) is 4.79 Å². The fourth-order valence-electron chi connectivity index (χ4n) is 3.36. The molecule has 144 valence electrons. The summed E-state index contributed by atoms with van der Waals surface area (Å²) in [6.45, 7) is 0.793. The zero-order valence-corrected chi connectivity index (χ0v) is 15.6. The van der Waals surface area contributed by atoms with Crippen LogP contribution < -0.4 is 5.32 Å². The van der Waals surface area contributed by atoms with E-state index >= 15 is 0 Å². The third-order valence-corrected chi connectivity index (χ3v) is 5.09. The summed E-state index contributed by atoms with van der Waals surface area (Å²) in [5.41, 5.74) is 0.218. The van der Waals surface area contributed by atoms with E-state index in [-0.39, 0.29) is 16.3 Å². The Hall–Kier alpha value is -2.80. The van der Waals surface area contributed by atoms with Crippen LogP contribution in [0, 0.1) is 11.6 Å². The highest BCUT2D eigenvalue weighted by Gasteiger charge is 2.20. The molecule has 0 unspecified atom stereocenters. The summed E-state index contributed by atoms with van der Waals surface area (Å²) in [4.78, 5) is 12.4. The number of rotatable bonds is 3. The van der Waals surface area contributed by atoms with Crippen molar-refractivity contribution < 1.29 is 13.6 Å². The number of hydrogen-bond acceptors (Lipinski definition) is 3. The van der Waals surface area contributed by atoms with Crippen LogP contribution in [0.5, 0.6) is 0 Å². The van der Waals surface area contributed by atoms with Gasteiger partial charge in [-0.05, 0) is 43.2 Å². The Morgan fingerprint density at radius 2 is 1.93 bits per heavy atom. The maximum atomic E-state index is 14.3. The minimum atomic E-state index is -0.820. The molecule has 3 aromatic rings. The molecule has 1 N–H and O–H groups in total. The Labute approximate surface area is 165 Å². The van der Waals surface area contributed by atoms with E-state index in [0.717, 1.165) is 44.1 Å². The van der Waals surface area contributed by atoms with Gasteiger partial charge in [0.05, 0.1) is 16.3 Å². The molecule has 0 bridgehead atoms. The quantitative estimate of drug-likeness (QED) is 0.680. The van der Waals surface area contributed by atoms with E-state index in [1.807, 2.05) is 4.57 Å². The van der Waals surface area contributed by atoms with Crippen LogP contribution >= 0.6 is 11.6 Å². The molecule has 5 nitrogen and oxygen atoms in total. The molecule has 0 aliphatic carbocycles. The van der Waals surface area contributed by atoms with Crippen molar-refractivity contribution in [1.29, 1.82) is 0 Å². The number of anilines is 1. The molecule has 0 saturated heterocycles. The van der Waals surface area contributed by atoms with Gasteiger partial charge >= 0.3 is 0 Å². The molecule has 1 amide bonds. The molecule has 0 spiro atoms. The average Bonchev–Trinajstić information content (AvgIpc) is 2.91. The summed E-state index contributed by atoms with van der Waals surface area (Å²) in [5, 5.41) is 10.8. The highest BCUT2D eigenvalue weighted by Crippen LogP contribution is 2.28. The Balaban J connectivity index is 1.67. The molecule has 0 saturated carbocycles. The Morgan fingerprint density at radius 3 is 2.75 bits per heavy atom. The van der Waals surface area contributed by atoms with Crippen LogP contribution in [0.4, 0.5) is 14.5 Å². The second-order valence-electron chi connectivity index (χ2n) is 6.65. The molecule has 0 fully saturated rings. The predicted octanol–water partition coefficient (Wildman–Crippen LogP) is 4.86. The lowest BCUT2D eigenvalue weighted by atomic mass is 10.1. The number of fused-ring (bicyclic) bond motifs is 1. The van der Waals surface area contributed by atoms with Crippen molar-refractivity contribution in [2.45, 2.75) is 32.2 Å². The lowest BCUT2D eigenvalue weighted by Gasteiger charge is -2.11. The van der Waals surface area contributed by atoms with Gasteiger partial charge in [0.15, 0.2) is 5.82 Å². The number of benzene rings is 2. The van der Waals surface area contributed by atoms with Gasteiger partial charge in [-0.25, -0.2) is 8.78 Å². The number of carbonyl (C=O) groups is 1. The van der Waals surface area contributed by atoms with Crippen molar-refractivity contribution in [1.82, 2.24) is 14.8 Å². The van der Waals surface area contributed by atoms with Crippen LogP contribution in [0.2, 0.25) is 5.02 Å². The monoisotopic (exact) mass is 402 g/mol. The standard InChI is InChI=1S/C20H17ClF2N4O/c21-13-5-4-6-15(23)18(13)20(28)24-16-11-12(8-9-14(16)22)19-26-25-17-7-2-1-3-10-27(17)19/h4-6,8-9,11H,1-3,7,10H2,(H,24,28). The lowest BCUT2D eigenvalue weighted by Crippen LogP contribution is -2.15. The number of amides is 1. The number of nitrogens with zero attached hydrogens (tertiary/aromatic N) is 3. The zero-order chi connectivity index (χ0) is 19.7. The number of hydrogen-bond donors (Lipinski definition) is 1. The van der Waals surface area contributed by atoms with E-state index in [1.54, 1.807) is 6.07 Å². The van der Waals surface area contributed by atoms with Gasteiger partial charge in [0.2, 0.25) is 0 Å².